The number of aromatic amines is 1. The van der Waals surface area contributed by atoms with E-state index >= 15 is 0 Å². The third-order valence-corrected chi connectivity index (χ3v) is 5.01. The fourth-order valence-electron chi connectivity index (χ4n) is 3.57. The van der Waals surface area contributed by atoms with Crippen LogP contribution in [0.3, 0.4) is 0 Å². The van der Waals surface area contributed by atoms with Crippen molar-refractivity contribution < 1.29 is 9.47 Å². The number of rotatable bonds is 5. The first-order valence-corrected chi connectivity index (χ1v) is 9.14. The molecule has 0 unspecified atom stereocenters. The minimum Gasteiger partial charge on any atom is -0.496 e. The molecule has 0 saturated heterocycles. The van der Waals surface area contributed by atoms with Crippen molar-refractivity contribution in [3.05, 3.63) is 69.9 Å². The van der Waals surface area contributed by atoms with Gasteiger partial charge in [0.05, 0.1) is 31.0 Å². The Labute approximate surface area is 163 Å². The van der Waals surface area contributed by atoms with Gasteiger partial charge in [0.2, 0.25) is 0 Å². The Morgan fingerprint density at radius 3 is 2.50 bits per heavy atom. The number of ether oxygens (including phenoxy) is 2. The van der Waals surface area contributed by atoms with Crippen LogP contribution in [0.15, 0.2) is 47.5 Å². The molecule has 0 saturated carbocycles. The standard InChI is InChI=1S/C21H22N4O3/c1-27-18-4-3-5-19(28-2)16(18)13-25-11-8-17-15(12-25)21(26)24-20(23-17)14-6-9-22-10-7-14/h3-7,9-10H,8,11-13H2,1-2H3,(H,23,24,26). The van der Waals surface area contributed by atoms with E-state index in [1.54, 1.807) is 26.6 Å². The van der Waals surface area contributed by atoms with Gasteiger partial charge in [0, 0.05) is 44.0 Å². The van der Waals surface area contributed by atoms with E-state index in [2.05, 4.69) is 14.9 Å². The number of H-pyrrole nitrogens is 1. The molecule has 0 amide bonds. The number of fused-ring (bicyclic) bond motifs is 1. The monoisotopic (exact) mass is 378 g/mol. The molecule has 1 N–H and O–H groups in total. The molecule has 2 aromatic heterocycles. The summed E-state index contributed by atoms with van der Waals surface area (Å²) in [4.78, 5) is 26.5. The van der Waals surface area contributed by atoms with E-state index < -0.39 is 0 Å². The van der Waals surface area contributed by atoms with Gasteiger partial charge in [-0.2, -0.15) is 0 Å². The molecule has 144 valence electrons. The molecule has 1 aliphatic rings. The van der Waals surface area contributed by atoms with Gasteiger partial charge in [-0.25, -0.2) is 4.98 Å². The molecule has 0 atom stereocenters. The van der Waals surface area contributed by atoms with E-state index in [0.717, 1.165) is 46.8 Å². The Balaban J connectivity index is 1.61. The van der Waals surface area contributed by atoms with Gasteiger partial charge in [0.1, 0.15) is 17.3 Å². The van der Waals surface area contributed by atoms with Crippen LogP contribution < -0.4 is 15.0 Å². The number of nitrogens with zero attached hydrogens (tertiary/aromatic N) is 3. The highest BCUT2D eigenvalue weighted by atomic mass is 16.5. The van der Waals surface area contributed by atoms with Crippen LogP contribution in [0.4, 0.5) is 0 Å². The predicted molar refractivity (Wildman–Crippen MR) is 105 cm³/mol. The lowest BCUT2D eigenvalue weighted by Crippen LogP contribution is -2.35. The summed E-state index contributed by atoms with van der Waals surface area (Å²) < 4.78 is 11.0. The zero-order chi connectivity index (χ0) is 19.5. The molecule has 0 aliphatic carbocycles. The van der Waals surface area contributed by atoms with Crippen LogP contribution in [0.25, 0.3) is 11.4 Å². The average Bonchev–Trinajstić information content (AvgIpc) is 2.74. The Hall–Kier alpha value is -3.19. The van der Waals surface area contributed by atoms with Crippen LogP contribution in [0.5, 0.6) is 11.5 Å². The Kier molecular flexibility index (Phi) is 5.08. The van der Waals surface area contributed by atoms with Gasteiger partial charge >= 0.3 is 0 Å². The van der Waals surface area contributed by atoms with Crippen molar-refractivity contribution in [1.82, 2.24) is 19.9 Å². The van der Waals surface area contributed by atoms with Crippen molar-refractivity contribution in [2.24, 2.45) is 0 Å². The third-order valence-electron chi connectivity index (χ3n) is 5.01. The zero-order valence-electron chi connectivity index (χ0n) is 15.9. The zero-order valence-corrected chi connectivity index (χ0v) is 15.9. The number of methoxy groups -OCH3 is 2. The predicted octanol–water partition coefficient (Wildman–Crippen LogP) is 2.41. The first kappa shape index (κ1) is 18.2. The molecular weight excluding hydrogens is 356 g/mol. The molecule has 7 heteroatoms. The van der Waals surface area contributed by atoms with Crippen molar-refractivity contribution in [3.63, 3.8) is 0 Å². The number of pyridine rings is 1. The van der Waals surface area contributed by atoms with Crippen molar-refractivity contribution in [1.29, 1.82) is 0 Å². The lowest BCUT2D eigenvalue weighted by Gasteiger charge is -2.28. The van der Waals surface area contributed by atoms with Crippen LogP contribution in [-0.2, 0) is 19.5 Å². The highest BCUT2D eigenvalue weighted by molar-refractivity contribution is 5.54. The van der Waals surface area contributed by atoms with Crippen LogP contribution in [-0.4, -0.2) is 40.6 Å². The molecule has 0 bridgehead atoms. The molecule has 0 radical (unpaired) electrons. The van der Waals surface area contributed by atoms with Crippen LogP contribution in [0, 0.1) is 0 Å². The summed E-state index contributed by atoms with van der Waals surface area (Å²) in [5, 5.41) is 0. The molecule has 3 heterocycles. The average molecular weight is 378 g/mol. The van der Waals surface area contributed by atoms with Crippen LogP contribution in [0.1, 0.15) is 16.8 Å². The number of nitrogens with one attached hydrogen (secondary N) is 1. The molecule has 0 spiro atoms. The van der Waals surface area contributed by atoms with Gasteiger partial charge in [0.25, 0.3) is 5.56 Å². The maximum atomic E-state index is 12.7. The summed E-state index contributed by atoms with van der Waals surface area (Å²) in [6, 6.07) is 9.43. The second-order valence-corrected chi connectivity index (χ2v) is 6.68. The number of aromatic nitrogens is 3. The van der Waals surface area contributed by atoms with Gasteiger partial charge in [-0.3, -0.25) is 14.7 Å². The molecular formula is C21H22N4O3. The van der Waals surface area contributed by atoms with Crippen molar-refractivity contribution in [2.75, 3.05) is 20.8 Å². The summed E-state index contributed by atoms with van der Waals surface area (Å²) in [7, 11) is 3.30. The normalized spacial score (nSPS) is 13.8. The summed E-state index contributed by atoms with van der Waals surface area (Å²) in [6.07, 6.45) is 4.10. The summed E-state index contributed by atoms with van der Waals surface area (Å²) in [6.45, 7) is 1.98. The second kappa shape index (κ2) is 7.82. The van der Waals surface area contributed by atoms with Crippen LogP contribution in [0.2, 0.25) is 0 Å². The first-order valence-electron chi connectivity index (χ1n) is 9.14. The fourth-order valence-corrected chi connectivity index (χ4v) is 3.57. The molecule has 7 nitrogen and oxygen atoms in total. The maximum absolute atomic E-state index is 12.7. The van der Waals surface area contributed by atoms with Crippen LogP contribution >= 0.6 is 0 Å². The molecule has 0 fully saturated rings. The van der Waals surface area contributed by atoms with E-state index in [4.69, 9.17) is 14.5 Å². The maximum Gasteiger partial charge on any atom is 0.255 e. The molecule has 3 aromatic rings. The SMILES string of the molecule is COc1cccc(OC)c1CN1CCc2nc(-c3ccncc3)[nH]c(=O)c2C1. The Morgan fingerprint density at radius 2 is 1.82 bits per heavy atom. The van der Waals surface area contributed by atoms with E-state index in [1.165, 1.54) is 0 Å². The minimum absolute atomic E-state index is 0.0893. The van der Waals surface area contributed by atoms with E-state index in [-0.39, 0.29) is 5.56 Å². The lowest BCUT2D eigenvalue weighted by molar-refractivity contribution is 0.234. The topological polar surface area (TPSA) is 80.3 Å². The highest BCUT2D eigenvalue weighted by Gasteiger charge is 2.23. The quantitative estimate of drug-likeness (QED) is 0.734. The number of benzene rings is 1. The lowest BCUT2D eigenvalue weighted by atomic mass is 10.0. The van der Waals surface area contributed by atoms with Gasteiger partial charge in [-0.1, -0.05) is 6.07 Å². The fraction of sp³-hybridized carbons (Fsp3) is 0.286. The summed E-state index contributed by atoms with van der Waals surface area (Å²) in [5.74, 6) is 2.15. The number of hydrogen-bond donors (Lipinski definition) is 1. The van der Waals surface area contributed by atoms with E-state index in [1.807, 2.05) is 30.3 Å². The summed E-state index contributed by atoms with van der Waals surface area (Å²) >= 11 is 0. The van der Waals surface area contributed by atoms with Gasteiger partial charge in [-0.05, 0) is 24.3 Å². The van der Waals surface area contributed by atoms with Gasteiger partial charge in [-0.15, -0.1) is 0 Å². The molecule has 1 aromatic carbocycles. The Bertz CT molecular complexity index is 1010. The van der Waals surface area contributed by atoms with Gasteiger partial charge in [0.15, 0.2) is 0 Å². The first-order chi connectivity index (χ1) is 13.7. The molecule has 4 rings (SSSR count). The van der Waals surface area contributed by atoms with Crippen molar-refractivity contribution >= 4 is 0 Å². The summed E-state index contributed by atoms with van der Waals surface area (Å²) in [5.41, 5.74) is 3.33. The number of hydrogen-bond acceptors (Lipinski definition) is 6. The third kappa shape index (κ3) is 3.48. The minimum atomic E-state index is -0.0893. The second-order valence-electron chi connectivity index (χ2n) is 6.68. The largest absolute Gasteiger partial charge is 0.496 e. The van der Waals surface area contributed by atoms with Gasteiger partial charge < -0.3 is 14.5 Å². The molecule has 1 aliphatic heterocycles. The van der Waals surface area contributed by atoms with Crippen molar-refractivity contribution in [2.45, 2.75) is 19.5 Å². The Morgan fingerprint density at radius 1 is 1.11 bits per heavy atom. The van der Waals surface area contributed by atoms with E-state index in [0.29, 0.717) is 18.9 Å². The highest BCUT2D eigenvalue weighted by Crippen LogP contribution is 2.30. The smallest absolute Gasteiger partial charge is 0.255 e. The van der Waals surface area contributed by atoms with E-state index in [9.17, 15) is 4.79 Å². The molecule has 28 heavy (non-hydrogen) atoms. The van der Waals surface area contributed by atoms with Crippen molar-refractivity contribution in [3.8, 4) is 22.9 Å².